The van der Waals surface area contributed by atoms with Crippen LogP contribution >= 0.6 is 11.6 Å². The number of hydrogen-bond donors (Lipinski definition) is 2. The van der Waals surface area contributed by atoms with Crippen molar-refractivity contribution in [3.63, 3.8) is 0 Å². The maximum Gasteiger partial charge on any atom is 0.245 e. The van der Waals surface area contributed by atoms with Gasteiger partial charge in [0, 0.05) is 0 Å². The lowest BCUT2D eigenvalue weighted by Crippen LogP contribution is -2.20. The topological polar surface area (TPSA) is 82.9 Å². The normalized spacial score (nSPS) is 15.0. The molecular weight excluding hydrogens is 292 g/mol. The first kappa shape index (κ1) is 14.9. The highest BCUT2D eigenvalue weighted by molar-refractivity contribution is 6.41. The van der Waals surface area contributed by atoms with Crippen molar-refractivity contribution in [2.45, 2.75) is 12.8 Å². The van der Waals surface area contributed by atoms with Crippen molar-refractivity contribution in [2.75, 3.05) is 0 Å². The van der Waals surface area contributed by atoms with Crippen molar-refractivity contribution in [3.05, 3.63) is 40.9 Å². The molecule has 7 heteroatoms. The highest BCUT2D eigenvalue weighted by Crippen LogP contribution is 2.07. The lowest BCUT2D eigenvalue weighted by Gasteiger charge is -1.97. The highest BCUT2D eigenvalue weighted by atomic mass is 35.5. The Morgan fingerprint density at radius 1 is 1.43 bits per heavy atom. The minimum absolute atomic E-state index is 0.0239. The molecule has 1 aromatic carbocycles. The molecule has 108 valence electrons. The molecule has 0 atom stereocenters. The van der Waals surface area contributed by atoms with Crippen LogP contribution in [-0.4, -0.2) is 23.7 Å². The van der Waals surface area contributed by atoms with E-state index in [1.54, 1.807) is 6.08 Å². The van der Waals surface area contributed by atoms with Crippen LogP contribution in [0.3, 0.4) is 0 Å². The van der Waals surface area contributed by atoms with Crippen LogP contribution in [0, 0.1) is 0 Å². The second-order valence-electron chi connectivity index (χ2n) is 4.30. The summed E-state index contributed by atoms with van der Waals surface area (Å²) in [5.41, 5.74) is 6.02. The SMILES string of the molecule is O=C1CC(CC(=O)N/N=C/C(Cl)=C/c2ccccc2)=NN1. The third kappa shape index (κ3) is 5.19. The monoisotopic (exact) mass is 304 g/mol. The predicted molar refractivity (Wildman–Crippen MR) is 81.7 cm³/mol. The Morgan fingerprint density at radius 2 is 2.19 bits per heavy atom. The Kier molecular flexibility index (Phi) is 5.22. The van der Waals surface area contributed by atoms with Gasteiger partial charge in [0.15, 0.2) is 0 Å². The van der Waals surface area contributed by atoms with E-state index in [2.05, 4.69) is 21.1 Å². The van der Waals surface area contributed by atoms with Gasteiger partial charge in [0.2, 0.25) is 11.8 Å². The molecule has 0 aromatic heterocycles. The van der Waals surface area contributed by atoms with Gasteiger partial charge in [-0.25, -0.2) is 10.9 Å². The predicted octanol–water partition coefficient (Wildman–Crippen LogP) is 1.63. The number of benzene rings is 1. The van der Waals surface area contributed by atoms with Crippen molar-refractivity contribution in [1.29, 1.82) is 0 Å². The second kappa shape index (κ2) is 7.35. The van der Waals surface area contributed by atoms with Crippen LogP contribution in [0.4, 0.5) is 0 Å². The van der Waals surface area contributed by atoms with Gasteiger partial charge in [0.1, 0.15) is 0 Å². The number of halogens is 1. The van der Waals surface area contributed by atoms with Crippen molar-refractivity contribution >= 4 is 41.4 Å². The average Bonchev–Trinajstić information content (AvgIpc) is 2.85. The summed E-state index contributed by atoms with van der Waals surface area (Å²) in [5.74, 6) is -0.569. The van der Waals surface area contributed by atoms with Crippen LogP contribution < -0.4 is 10.9 Å². The number of carbonyl (C=O) groups is 2. The molecule has 6 nitrogen and oxygen atoms in total. The van der Waals surface area contributed by atoms with E-state index in [0.29, 0.717) is 10.7 Å². The molecule has 0 bridgehead atoms. The summed E-state index contributed by atoms with van der Waals surface area (Å²) < 4.78 is 0. The summed E-state index contributed by atoms with van der Waals surface area (Å²) in [5, 5.41) is 7.85. The molecule has 1 aromatic rings. The number of hydrogen-bond acceptors (Lipinski definition) is 4. The third-order valence-electron chi connectivity index (χ3n) is 2.55. The van der Waals surface area contributed by atoms with Crippen molar-refractivity contribution < 1.29 is 9.59 Å². The molecule has 21 heavy (non-hydrogen) atoms. The van der Waals surface area contributed by atoms with Gasteiger partial charge in [0.25, 0.3) is 0 Å². The van der Waals surface area contributed by atoms with E-state index in [0.717, 1.165) is 5.56 Å². The van der Waals surface area contributed by atoms with Crippen LogP contribution in [0.25, 0.3) is 6.08 Å². The summed E-state index contributed by atoms with van der Waals surface area (Å²) in [6.45, 7) is 0. The van der Waals surface area contributed by atoms with Crippen molar-refractivity contribution in [1.82, 2.24) is 10.9 Å². The van der Waals surface area contributed by atoms with Crippen molar-refractivity contribution in [3.8, 4) is 0 Å². The van der Waals surface area contributed by atoms with Gasteiger partial charge in [0.05, 0.1) is 29.8 Å². The zero-order valence-corrected chi connectivity index (χ0v) is 11.8. The maximum absolute atomic E-state index is 11.5. The van der Waals surface area contributed by atoms with Gasteiger partial charge in [-0.3, -0.25) is 9.59 Å². The largest absolute Gasteiger partial charge is 0.273 e. The smallest absolute Gasteiger partial charge is 0.245 e. The van der Waals surface area contributed by atoms with E-state index in [9.17, 15) is 9.59 Å². The van der Waals surface area contributed by atoms with Gasteiger partial charge >= 0.3 is 0 Å². The Hall–Kier alpha value is -2.47. The van der Waals surface area contributed by atoms with Gasteiger partial charge in [-0.15, -0.1) is 0 Å². The number of amides is 2. The Labute approximate surface area is 126 Å². The molecule has 0 aliphatic carbocycles. The van der Waals surface area contributed by atoms with E-state index in [1.165, 1.54) is 6.21 Å². The summed E-state index contributed by atoms with van der Waals surface area (Å²) in [6.07, 6.45) is 3.23. The quantitative estimate of drug-likeness (QED) is 0.640. The number of nitrogens with zero attached hydrogens (tertiary/aromatic N) is 2. The van der Waals surface area contributed by atoms with Crippen LogP contribution in [0.1, 0.15) is 18.4 Å². The van der Waals surface area contributed by atoms with E-state index < -0.39 is 0 Å². The molecule has 0 unspecified atom stereocenters. The van der Waals surface area contributed by atoms with Crippen molar-refractivity contribution in [2.24, 2.45) is 10.2 Å². The average molecular weight is 305 g/mol. The van der Waals surface area contributed by atoms with Gasteiger partial charge < -0.3 is 0 Å². The van der Waals surface area contributed by atoms with Gasteiger partial charge in [-0.05, 0) is 11.6 Å². The minimum Gasteiger partial charge on any atom is -0.273 e. The minimum atomic E-state index is -0.356. The lowest BCUT2D eigenvalue weighted by atomic mass is 10.2. The molecule has 0 radical (unpaired) electrons. The summed E-state index contributed by atoms with van der Waals surface area (Å²) in [7, 11) is 0. The van der Waals surface area contributed by atoms with E-state index >= 15 is 0 Å². The molecule has 1 aliphatic heterocycles. The van der Waals surface area contributed by atoms with E-state index in [-0.39, 0.29) is 24.7 Å². The number of rotatable bonds is 5. The zero-order chi connectivity index (χ0) is 15.1. The molecule has 2 rings (SSSR count). The van der Waals surface area contributed by atoms with E-state index in [1.807, 2.05) is 30.3 Å². The number of hydrazone groups is 2. The Bertz CT molecular complexity index is 623. The Morgan fingerprint density at radius 3 is 2.86 bits per heavy atom. The van der Waals surface area contributed by atoms with Gasteiger partial charge in [-0.2, -0.15) is 10.2 Å². The number of allylic oxidation sites excluding steroid dienone is 1. The number of nitrogens with one attached hydrogen (secondary N) is 2. The Balaban J connectivity index is 1.80. The molecule has 2 amide bonds. The van der Waals surface area contributed by atoms with Crippen LogP contribution in [0.15, 0.2) is 45.6 Å². The highest BCUT2D eigenvalue weighted by Gasteiger charge is 2.16. The lowest BCUT2D eigenvalue weighted by molar-refractivity contribution is -0.119. The fraction of sp³-hybridized carbons (Fsp3) is 0.143. The standard InChI is InChI=1S/C14H13ClN4O2/c15-11(6-10-4-2-1-3-5-10)9-16-18-13(20)7-12-8-14(21)19-17-12/h1-6,9H,7-8H2,(H,18,20)(H,19,21)/b11-6-,16-9+. The second-order valence-corrected chi connectivity index (χ2v) is 4.74. The zero-order valence-electron chi connectivity index (χ0n) is 11.0. The third-order valence-corrected chi connectivity index (χ3v) is 2.76. The molecule has 0 spiro atoms. The molecule has 1 aliphatic rings. The number of carbonyl (C=O) groups excluding carboxylic acids is 2. The van der Waals surface area contributed by atoms with Crippen LogP contribution in [0.5, 0.6) is 0 Å². The molecule has 0 saturated heterocycles. The molecule has 2 N–H and O–H groups in total. The summed E-state index contributed by atoms with van der Waals surface area (Å²) in [4.78, 5) is 22.4. The molecular formula is C14H13ClN4O2. The molecule has 0 saturated carbocycles. The summed E-state index contributed by atoms with van der Waals surface area (Å²) >= 11 is 5.97. The van der Waals surface area contributed by atoms with Crippen LogP contribution in [0.2, 0.25) is 0 Å². The maximum atomic E-state index is 11.5. The first-order valence-corrected chi connectivity index (χ1v) is 6.60. The first-order valence-electron chi connectivity index (χ1n) is 6.22. The molecule has 1 heterocycles. The summed E-state index contributed by atoms with van der Waals surface area (Å²) in [6, 6.07) is 9.50. The first-order chi connectivity index (χ1) is 10.1. The molecule has 0 fully saturated rings. The fourth-order valence-corrected chi connectivity index (χ4v) is 1.82. The van der Waals surface area contributed by atoms with Gasteiger partial charge in [-0.1, -0.05) is 41.9 Å². The van der Waals surface area contributed by atoms with Crippen LogP contribution in [-0.2, 0) is 9.59 Å². The van der Waals surface area contributed by atoms with E-state index in [4.69, 9.17) is 11.6 Å². The fourth-order valence-electron chi connectivity index (χ4n) is 1.64.